The zero-order chi connectivity index (χ0) is 25.0. The molecule has 0 saturated heterocycles. The SMILES string of the molecule is O=C(CCCOc1ccc(-c2cc(-c3cc4c([nH]3)CCNC4=O)ccn2)cc1)OC(=O)C(F)(F)F. The van der Waals surface area contributed by atoms with E-state index in [9.17, 15) is 27.6 Å². The van der Waals surface area contributed by atoms with E-state index in [2.05, 4.69) is 20.0 Å². The van der Waals surface area contributed by atoms with Crippen LogP contribution in [0.5, 0.6) is 5.75 Å². The fourth-order valence-corrected chi connectivity index (χ4v) is 3.55. The summed E-state index contributed by atoms with van der Waals surface area (Å²) in [4.78, 5) is 41.6. The fourth-order valence-electron chi connectivity index (χ4n) is 3.55. The van der Waals surface area contributed by atoms with Gasteiger partial charge in [0, 0.05) is 48.1 Å². The highest BCUT2D eigenvalue weighted by atomic mass is 19.4. The highest BCUT2D eigenvalue weighted by Crippen LogP contribution is 2.28. The molecule has 1 aromatic carbocycles. The van der Waals surface area contributed by atoms with Crippen molar-refractivity contribution in [3.63, 3.8) is 0 Å². The molecule has 0 bridgehead atoms. The Morgan fingerprint density at radius 2 is 1.83 bits per heavy atom. The lowest BCUT2D eigenvalue weighted by atomic mass is 10.1. The van der Waals surface area contributed by atoms with Crippen molar-refractivity contribution >= 4 is 17.8 Å². The number of ether oxygens (including phenoxy) is 2. The number of halogens is 3. The van der Waals surface area contributed by atoms with E-state index in [1.807, 2.05) is 18.2 Å². The summed E-state index contributed by atoms with van der Waals surface area (Å²) in [5, 5.41) is 2.82. The molecular weight excluding hydrogens is 467 g/mol. The first-order valence-electron chi connectivity index (χ1n) is 10.7. The van der Waals surface area contributed by atoms with Gasteiger partial charge >= 0.3 is 18.1 Å². The maximum absolute atomic E-state index is 12.1. The van der Waals surface area contributed by atoms with Gasteiger partial charge < -0.3 is 19.8 Å². The zero-order valence-electron chi connectivity index (χ0n) is 18.3. The van der Waals surface area contributed by atoms with Gasteiger partial charge in [0.05, 0.1) is 17.9 Å². The van der Waals surface area contributed by atoms with Crippen LogP contribution in [0.1, 0.15) is 28.9 Å². The molecule has 0 aliphatic carbocycles. The van der Waals surface area contributed by atoms with Crippen molar-refractivity contribution in [1.29, 1.82) is 0 Å². The van der Waals surface area contributed by atoms with E-state index < -0.39 is 18.1 Å². The van der Waals surface area contributed by atoms with Crippen molar-refractivity contribution in [3.8, 4) is 28.3 Å². The summed E-state index contributed by atoms with van der Waals surface area (Å²) in [6.07, 6.45) is -3.10. The number of pyridine rings is 1. The van der Waals surface area contributed by atoms with Crippen molar-refractivity contribution < 1.29 is 37.0 Å². The molecule has 0 atom stereocenters. The first kappa shape index (κ1) is 24.0. The molecule has 2 aromatic heterocycles. The third kappa shape index (κ3) is 5.86. The molecule has 0 unspecified atom stereocenters. The average molecular weight is 487 g/mol. The zero-order valence-corrected chi connectivity index (χ0v) is 18.3. The van der Waals surface area contributed by atoms with Crippen LogP contribution in [-0.2, 0) is 20.7 Å². The van der Waals surface area contributed by atoms with Gasteiger partial charge in [0.25, 0.3) is 5.91 Å². The van der Waals surface area contributed by atoms with Crippen LogP contribution in [0.3, 0.4) is 0 Å². The van der Waals surface area contributed by atoms with E-state index >= 15 is 0 Å². The third-order valence-corrected chi connectivity index (χ3v) is 5.26. The second-order valence-electron chi connectivity index (χ2n) is 7.75. The smallest absolute Gasteiger partial charge is 0.491 e. The molecule has 0 radical (unpaired) electrons. The molecule has 35 heavy (non-hydrogen) atoms. The summed E-state index contributed by atoms with van der Waals surface area (Å²) < 4.78 is 45.4. The van der Waals surface area contributed by atoms with Gasteiger partial charge in [-0.15, -0.1) is 0 Å². The van der Waals surface area contributed by atoms with Gasteiger partial charge in [-0.05, 0) is 48.9 Å². The maximum Gasteiger partial charge on any atom is 0.491 e. The fraction of sp³-hybridized carbons (Fsp3) is 0.250. The number of nitrogens with one attached hydrogen (secondary N) is 2. The molecule has 1 aliphatic heterocycles. The Balaban J connectivity index is 1.33. The molecule has 3 heterocycles. The number of esters is 2. The number of hydrogen-bond acceptors (Lipinski definition) is 6. The van der Waals surface area contributed by atoms with Crippen molar-refractivity contribution in [2.75, 3.05) is 13.2 Å². The molecule has 0 saturated carbocycles. The minimum Gasteiger partial charge on any atom is -0.494 e. The molecule has 1 aliphatic rings. The third-order valence-electron chi connectivity index (χ3n) is 5.26. The monoisotopic (exact) mass is 487 g/mol. The molecule has 0 spiro atoms. The number of aromatic nitrogens is 2. The Morgan fingerprint density at radius 3 is 2.54 bits per heavy atom. The summed E-state index contributed by atoms with van der Waals surface area (Å²) in [5.41, 5.74) is 4.79. The number of fused-ring (bicyclic) bond motifs is 1. The maximum atomic E-state index is 12.1. The first-order chi connectivity index (χ1) is 16.7. The number of hydrogen-bond donors (Lipinski definition) is 2. The molecule has 182 valence electrons. The molecule has 0 fully saturated rings. The largest absolute Gasteiger partial charge is 0.494 e. The highest BCUT2D eigenvalue weighted by Gasteiger charge is 2.42. The lowest BCUT2D eigenvalue weighted by molar-refractivity contribution is -0.201. The number of nitrogens with zero attached hydrogens (tertiary/aromatic N) is 1. The molecule has 2 N–H and O–H groups in total. The quantitative estimate of drug-likeness (QED) is 0.298. The molecular formula is C24H20F3N3O5. The van der Waals surface area contributed by atoms with Gasteiger partial charge in [-0.3, -0.25) is 14.6 Å². The van der Waals surface area contributed by atoms with Gasteiger partial charge in [-0.2, -0.15) is 13.2 Å². The van der Waals surface area contributed by atoms with Gasteiger partial charge in [-0.1, -0.05) is 0 Å². The average Bonchev–Trinajstić information content (AvgIpc) is 3.28. The number of rotatable bonds is 7. The van der Waals surface area contributed by atoms with E-state index in [1.54, 1.807) is 30.5 Å². The van der Waals surface area contributed by atoms with Crippen molar-refractivity contribution in [2.24, 2.45) is 0 Å². The van der Waals surface area contributed by atoms with Crippen LogP contribution < -0.4 is 10.1 Å². The number of alkyl halides is 3. The lowest BCUT2D eigenvalue weighted by Crippen LogP contribution is -2.31. The van der Waals surface area contributed by atoms with Crippen LogP contribution >= 0.6 is 0 Å². The number of carbonyl (C=O) groups is 3. The van der Waals surface area contributed by atoms with Gasteiger partial charge in [0.15, 0.2) is 0 Å². The van der Waals surface area contributed by atoms with Gasteiger partial charge in [0.2, 0.25) is 0 Å². The molecule has 8 nitrogen and oxygen atoms in total. The molecule has 1 amide bonds. The number of H-pyrrole nitrogens is 1. The number of amides is 1. The molecule has 4 rings (SSSR count). The van der Waals surface area contributed by atoms with Crippen molar-refractivity contribution in [3.05, 3.63) is 59.9 Å². The topological polar surface area (TPSA) is 110 Å². The Morgan fingerprint density at radius 1 is 1.06 bits per heavy atom. The Labute approximate surface area is 197 Å². The summed E-state index contributed by atoms with van der Waals surface area (Å²) >= 11 is 0. The predicted octanol–water partition coefficient (Wildman–Crippen LogP) is 3.82. The summed E-state index contributed by atoms with van der Waals surface area (Å²) in [6, 6.07) is 12.6. The normalized spacial score (nSPS) is 13.1. The molecule has 11 heteroatoms. The second kappa shape index (κ2) is 10.00. The Hall–Kier alpha value is -4.15. The van der Waals surface area contributed by atoms with Gasteiger partial charge in [0.1, 0.15) is 5.75 Å². The standard InChI is InChI=1S/C24H20F3N3O5/c25-24(26,27)23(33)35-21(31)2-1-11-34-16-5-3-14(4-6-16)19-12-15(7-9-28-19)20-13-17-18(30-20)8-10-29-22(17)32/h3-7,9,12-13,30H,1-2,8,10-11H2,(H,29,32). The number of carbonyl (C=O) groups excluding carboxylic acids is 3. The van der Waals surface area contributed by atoms with Crippen LogP contribution in [0.2, 0.25) is 0 Å². The lowest BCUT2D eigenvalue weighted by Gasteiger charge is -2.11. The Bertz CT molecular complexity index is 1250. The Kier molecular flexibility index (Phi) is 6.85. The van der Waals surface area contributed by atoms with E-state index in [4.69, 9.17) is 4.74 Å². The number of aromatic amines is 1. The van der Waals surface area contributed by atoms with E-state index in [-0.39, 0.29) is 25.4 Å². The van der Waals surface area contributed by atoms with E-state index in [0.717, 1.165) is 28.9 Å². The van der Waals surface area contributed by atoms with Crippen LogP contribution in [0.25, 0.3) is 22.5 Å². The summed E-state index contributed by atoms with van der Waals surface area (Å²) in [5.74, 6) is -3.39. The summed E-state index contributed by atoms with van der Waals surface area (Å²) in [7, 11) is 0. The van der Waals surface area contributed by atoms with Gasteiger partial charge in [-0.25, -0.2) is 4.79 Å². The van der Waals surface area contributed by atoms with Crippen molar-refractivity contribution in [1.82, 2.24) is 15.3 Å². The minimum atomic E-state index is -5.21. The van der Waals surface area contributed by atoms with Crippen molar-refractivity contribution in [2.45, 2.75) is 25.4 Å². The number of benzene rings is 1. The van der Waals surface area contributed by atoms with Crippen LogP contribution in [-0.4, -0.2) is 47.1 Å². The van der Waals surface area contributed by atoms with E-state index in [0.29, 0.717) is 23.6 Å². The first-order valence-corrected chi connectivity index (χ1v) is 10.7. The van der Waals surface area contributed by atoms with Crippen LogP contribution in [0.4, 0.5) is 13.2 Å². The van der Waals surface area contributed by atoms with E-state index in [1.165, 1.54) is 0 Å². The van der Waals surface area contributed by atoms with Crippen LogP contribution in [0, 0.1) is 0 Å². The van der Waals surface area contributed by atoms with Crippen LogP contribution in [0.15, 0.2) is 48.7 Å². The predicted molar refractivity (Wildman–Crippen MR) is 117 cm³/mol. The highest BCUT2D eigenvalue weighted by molar-refractivity contribution is 5.97. The molecule has 3 aromatic rings. The summed E-state index contributed by atoms with van der Waals surface area (Å²) in [6.45, 7) is 0.650. The second-order valence-corrected chi connectivity index (χ2v) is 7.75. The minimum absolute atomic E-state index is 0.0491.